The maximum atomic E-state index is 11.3. The van der Waals surface area contributed by atoms with Crippen LogP contribution in [0.2, 0.25) is 0 Å². The van der Waals surface area contributed by atoms with E-state index in [4.69, 9.17) is 4.52 Å². The maximum Gasteiger partial charge on any atom is 0.307 e. The number of hydrogen-bond donors (Lipinski definition) is 2. The van der Waals surface area contributed by atoms with E-state index in [1.165, 1.54) is 0 Å². The van der Waals surface area contributed by atoms with E-state index in [2.05, 4.69) is 15.2 Å². The lowest BCUT2D eigenvalue weighted by molar-refractivity contribution is -0.143. The van der Waals surface area contributed by atoms with Crippen molar-refractivity contribution in [2.75, 3.05) is 19.6 Å². The van der Waals surface area contributed by atoms with Crippen molar-refractivity contribution < 1.29 is 19.5 Å². The van der Waals surface area contributed by atoms with Crippen LogP contribution in [0.15, 0.2) is 65.2 Å². The van der Waals surface area contributed by atoms with Gasteiger partial charge in [-0.05, 0) is 50.1 Å². The Morgan fingerprint density at radius 2 is 1.94 bits per heavy atom. The van der Waals surface area contributed by atoms with Crippen LogP contribution in [0.3, 0.4) is 0 Å². The molecular formula is C26H27N5O4. The first-order valence-electron chi connectivity index (χ1n) is 11.7. The molecule has 3 heterocycles. The monoisotopic (exact) mass is 473 g/mol. The minimum atomic E-state index is -0.769. The third-order valence-corrected chi connectivity index (χ3v) is 6.37. The minimum absolute atomic E-state index is 0.333. The molecule has 0 spiro atoms. The first-order chi connectivity index (χ1) is 17.0. The van der Waals surface area contributed by atoms with Crippen molar-refractivity contribution in [3.63, 3.8) is 0 Å². The van der Waals surface area contributed by atoms with Gasteiger partial charge in [-0.15, -0.1) is 0 Å². The number of aliphatic hydroxyl groups excluding tert-OH is 1. The number of aromatic nitrogens is 4. The minimum Gasteiger partial charge on any atom is -0.481 e. The summed E-state index contributed by atoms with van der Waals surface area (Å²) < 4.78 is 7.31. The first kappa shape index (κ1) is 22.9. The first-order valence-corrected chi connectivity index (χ1v) is 11.7. The molecule has 1 fully saturated rings. The zero-order valence-corrected chi connectivity index (χ0v) is 19.4. The van der Waals surface area contributed by atoms with Crippen molar-refractivity contribution in [1.82, 2.24) is 24.8 Å². The van der Waals surface area contributed by atoms with Crippen LogP contribution < -0.4 is 0 Å². The highest BCUT2D eigenvalue weighted by Crippen LogP contribution is 2.26. The number of aliphatic carboxylic acids is 1. The fourth-order valence-corrected chi connectivity index (χ4v) is 4.48. The Bertz CT molecular complexity index is 1300. The van der Waals surface area contributed by atoms with Crippen molar-refractivity contribution in [1.29, 1.82) is 0 Å². The second-order valence-electron chi connectivity index (χ2n) is 8.92. The third-order valence-electron chi connectivity index (χ3n) is 6.37. The Balaban J connectivity index is 1.27. The molecule has 2 aromatic carbocycles. The van der Waals surface area contributed by atoms with Gasteiger partial charge in [0.1, 0.15) is 0 Å². The van der Waals surface area contributed by atoms with Gasteiger partial charge in [0.25, 0.3) is 5.89 Å². The van der Waals surface area contributed by atoms with Crippen LogP contribution in [-0.2, 0) is 4.79 Å². The molecule has 0 aliphatic carbocycles. The van der Waals surface area contributed by atoms with Gasteiger partial charge in [0.2, 0.25) is 5.82 Å². The molecule has 2 atom stereocenters. The number of piperidine rings is 1. The Kier molecular flexibility index (Phi) is 6.43. The number of nitrogens with zero attached hydrogens (tertiary/aromatic N) is 5. The normalized spacial score (nSPS) is 17.4. The van der Waals surface area contributed by atoms with Gasteiger partial charge in [0.15, 0.2) is 5.69 Å². The van der Waals surface area contributed by atoms with E-state index in [9.17, 15) is 15.0 Å². The summed E-state index contributed by atoms with van der Waals surface area (Å²) >= 11 is 0. The van der Waals surface area contributed by atoms with Crippen LogP contribution in [0.25, 0.3) is 28.7 Å². The lowest BCUT2D eigenvalue weighted by Gasteiger charge is -2.32. The van der Waals surface area contributed by atoms with E-state index in [-0.39, 0.29) is 5.92 Å². The van der Waals surface area contributed by atoms with Crippen molar-refractivity contribution in [2.45, 2.75) is 25.9 Å². The van der Waals surface area contributed by atoms with Gasteiger partial charge in [-0.3, -0.25) is 9.69 Å². The van der Waals surface area contributed by atoms with Crippen LogP contribution in [0.4, 0.5) is 0 Å². The number of β-amino-alcohol motifs (C(OH)–C–C–N with tert-alkyl or cyclic N) is 1. The van der Waals surface area contributed by atoms with Crippen LogP contribution in [0, 0.1) is 12.8 Å². The standard InChI is InChI=1S/C26H27N5O4/c1-17-14-22(28-31(17)21-7-3-2-4-8-21)25-27-24(29-35-25)19-11-9-18(10-12-19)23(32)16-30-13-5-6-20(15-30)26(33)34/h2-4,7-12,14,20,23,32H,5-6,13,15-16H2,1H3,(H,33,34). The average molecular weight is 474 g/mol. The largest absolute Gasteiger partial charge is 0.481 e. The van der Waals surface area contributed by atoms with Gasteiger partial charge >= 0.3 is 5.97 Å². The molecule has 0 saturated carbocycles. The molecular weight excluding hydrogens is 446 g/mol. The van der Waals surface area contributed by atoms with Crippen LogP contribution in [0.1, 0.15) is 30.2 Å². The summed E-state index contributed by atoms with van der Waals surface area (Å²) in [6.45, 7) is 3.63. The number of aryl methyl sites for hydroxylation is 1. The number of rotatable bonds is 7. The predicted octanol–water partition coefficient (Wildman–Crippen LogP) is 3.73. The summed E-state index contributed by atoms with van der Waals surface area (Å²) in [5.41, 5.74) is 4.02. The fraction of sp³-hybridized carbons (Fsp3) is 0.308. The number of carboxylic acid groups (broad SMARTS) is 1. The van der Waals surface area contributed by atoms with E-state index in [1.54, 1.807) is 0 Å². The van der Waals surface area contributed by atoms with E-state index in [1.807, 2.05) is 77.2 Å². The Hall–Kier alpha value is -3.82. The molecule has 0 amide bonds. The molecule has 1 aliphatic heterocycles. The lowest BCUT2D eigenvalue weighted by atomic mass is 9.97. The van der Waals surface area contributed by atoms with E-state index < -0.39 is 12.1 Å². The van der Waals surface area contributed by atoms with Crippen LogP contribution in [0.5, 0.6) is 0 Å². The Labute approximate surface area is 202 Å². The Morgan fingerprint density at radius 3 is 2.69 bits per heavy atom. The summed E-state index contributed by atoms with van der Waals surface area (Å²) in [6, 6.07) is 19.1. The summed E-state index contributed by atoms with van der Waals surface area (Å²) in [6.07, 6.45) is 0.809. The molecule has 0 radical (unpaired) electrons. The second-order valence-corrected chi connectivity index (χ2v) is 8.92. The van der Waals surface area contributed by atoms with Gasteiger partial charge < -0.3 is 14.7 Å². The maximum absolute atomic E-state index is 11.3. The molecule has 1 saturated heterocycles. The molecule has 0 bridgehead atoms. The zero-order chi connectivity index (χ0) is 24.4. The van der Waals surface area contributed by atoms with E-state index in [0.717, 1.165) is 35.5 Å². The van der Waals surface area contributed by atoms with Crippen LogP contribution >= 0.6 is 0 Å². The molecule has 2 unspecified atom stereocenters. The topological polar surface area (TPSA) is 118 Å². The Morgan fingerprint density at radius 1 is 1.17 bits per heavy atom. The van der Waals surface area contributed by atoms with Crippen molar-refractivity contribution in [3.05, 3.63) is 71.9 Å². The summed E-state index contributed by atoms with van der Waals surface area (Å²) in [5.74, 6) is -0.364. The quantitative estimate of drug-likeness (QED) is 0.417. The number of carbonyl (C=O) groups is 1. The number of para-hydroxylation sites is 1. The number of aliphatic hydroxyl groups is 1. The van der Waals surface area contributed by atoms with Gasteiger partial charge in [-0.2, -0.15) is 10.1 Å². The van der Waals surface area contributed by atoms with E-state index >= 15 is 0 Å². The third kappa shape index (κ3) is 5.01. The average Bonchev–Trinajstić information content (AvgIpc) is 3.52. The van der Waals surface area contributed by atoms with Crippen molar-refractivity contribution in [2.24, 2.45) is 5.92 Å². The summed E-state index contributed by atoms with van der Waals surface area (Å²) in [5, 5.41) is 28.7. The highest BCUT2D eigenvalue weighted by atomic mass is 16.5. The molecule has 35 heavy (non-hydrogen) atoms. The van der Waals surface area contributed by atoms with E-state index in [0.29, 0.717) is 36.9 Å². The van der Waals surface area contributed by atoms with Gasteiger partial charge in [0, 0.05) is 24.3 Å². The highest BCUT2D eigenvalue weighted by molar-refractivity contribution is 5.70. The number of hydrogen-bond acceptors (Lipinski definition) is 7. The number of carboxylic acids is 1. The summed E-state index contributed by atoms with van der Waals surface area (Å²) in [7, 11) is 0. The molecule has 5 rings (SSSR count). The molecule has 2 N–H and O–H groups in total. The highest BCUT2D eigenvalue weighted by Gasteiger charge is 2.26. The van der Waals surface area contributed by atoms with Gasteiger partial charge in [0.05, 0.1) is 17.7 Å². The SMILES string of the molecule is Cc1cc(-c2nc(-c3ccc(C(O)CN4CCCC(C(=O)O)C4)cc3)no2)nn1-c1ccccc1. The molecule has 1 aliphatic rings. The molecule has 2 aromatic heterocycles. The molecule has 180 valence electrons. The predicted molar refractivity (Wildman–Crippen MR) is 129 cm³/mol. The lowest BCUT2D eigenvalue weighted by Crippen LogP contribution is -2.40. The smallest absolute Gasteiger partial charge is 0.307 e. The van der Waals surface area contributed by atoms with Gasteiger partial charge in [-0.25, -0.2) is 4.68 Å². The summed E-state index contributed by atoms with van der Waals surface area (Å²) in [4.78, 5) is 17.8. The molecule has 9 heteroatoms. The molecule has 4 aromatic rings. The van der Waals surface area contributed by atoms with Crippen LogP contribution in [-0.4, -0.2) is 60.6 Å². The van der Waals surface area contributed by atoms with Crippen molar-refractivity contribution in [3.8, 4) is 28.7 Å². The number of likely N-dealkylation sites (tertiary alicyclic amines) is 1. The zero-order valence-electron chi connectivity index (χ0n) is 19.4. The van der Waals surface area contributed by atoms with Crippen molar-refractivity contribution >= 4 is 5.97 Å². The second kappa shape index (κ2) is 9.81. The fourth-order valence-electron chi connectivity index (χ4n) is 4.48. The molecule has 9 nitrogen and oxygen atoms in total. The van der Waals surface area contributed by atoms with Gasteiger partial charge in [-0.1, -0.05) is 47.6 Å². The number of benzene rings is 2.